The van der Waals surface area contributed by atoms with Crippen molar-refractivity contribution in [2.24, 2.45) is 0 Å². The number of rotatable bonds is 5. The maximum Gasteiger partial charge on any atom is 0.226 e. The second kappa shape index (κ2) is 7.28. The molecule has 1 N–H and O–H groups in total. The van der Waals surface area contributed by atoms with Gasteiger partial charge in [-0.1, -0.05) is 18.2 Å². The molecular weight excluding hydrogens is 294 g/mol. The topological polar surface area (TPSA) is 67.5 Å². The monoisotopic (exact) mass is 315 g/mol. The molecule has 2 heterocycles. The number of aryl methyl sites for hydroxylation is 1. The number of morpholine rings is 1. The van der Waals surface area contributed by atoms with Gasteiger partial charge in [0.1, 0.15) is 17.7 Å². The number of para-hydroxylation sites is 1. The Bertz CT molecular complexity index is 642. The van der Waals surface area contributed by atoms with Crippen molar-refractivity contribution in [3.05, 3.63) is 48.0 Å². The van der Waals surface area contributed by atoms with E-state index in [1.54, 1.807) is 6.20 Å². The Morgan fingerprint density at radius 2 is 2.26 bits per heavy atom. The number of nitrogens with one attached hydrogen (secondary N) is 1. The zero-order valence-corrected chi connectivity index (χ0v) is 13.2. The number of carbonyl (C=O) groups excluding carboxylic acids is 1. The molecule has 122 valence electrons. The SMILES string of the molecule is Cc1cnc([C@H]2CN(C(=O)CCOc3ccccc3)CCO2)[nH]1. The molecule has 2 aromatic rings. The Morgan fingerprint density at radius 1 is 1.43 bits per heavy atom. The molecule has 1 aliphatic rings. The normalized spacial score (nSPS) is 18.0. The summed E-state index contributed by atoms with van der Waals surface area (Å²) in [6.07, 6.45) is 1.95. The number of benzene rings is 1. The lowest BCUT2D eigenvalue weighted by molar-refractivity contribution is -0.139. The first-order chi connectivity index (χ1) is 11.2. The summed E-state index contributed by atoms with van der Waals surface area (Å²) < 4.78 is 11.3. The first-order valence-corrected chi connectivity index (χ1v) is 7.81. The molecule has 6 heteroatoms. The minimum absolute atomic E-state index is 0.0810. The summed E-state index contributed by atoms with van der Waals surface area (Å²) in [5, 5.41) is 0. The highest BCUT2D eigenvalue weighted by Gasteiger charge is 2.26. The molecule has 0 unspecified atom stereocenters. The second-order valence-electron chi connectivity index (χ2n) is 5.56. The van der Waals surface area contributed by atoms with Gasteiger partial charge >= 0.3 is 0 Å². The Hall–Kier alpha value is -2.34. The lowest BCUT2D eigenvalue weighted by Crippen LogP contribution is -2.42. The molecule has 3 rings (SSSR count). The average molecular weight is 315 g/mol. The summed E-state index contributed by atoms with van der Waals surface area (Å²) in [5.74, 6) is 1.64. The summed E-state index contributed by atoms with van der Waals surface area (Å²) in [6.45, 7) is 3.99. The number of imidazole rings is 1. The van der Waals surface area contributed by atoms with E-state index in [9.17, 15) is 4.79 Å². The molecule has 1 amide bonds. The molecule has 1 aliphatic heterocycles. The Labute approximate surface area is 135 Å². The first kappa shape index (κ1) is 15.6. The number of aromatic nitrogens is 2. The summed E-state index contributed by atoms with van der Waals surface area (Å²) >= 11 is 0. The predicted molar refractivity (Wildman–Crippen MR) is 85.2 cm³/mol. The van der Waals surface area contributed by atoms with E-state index < -0.39 is 0 Å². The van der Waals surface area contributed by atoms with Crippen LogP contribution in [0.5, 0.6) is 5.75 Å². The number of hydrogen-bond acceptors (Lipinski definition) is 4. The van der Waals surface area contributed by atoms with Crippen LogP contribution in [0.2, 0.25) is 0 Å². The van der Waals surface area contributed by atoms with Crippen LogP contribution in [0.1, 0.15) is 24.0 Å². The molecule has 0 bridgehead atoms. The first-order valence-electron chi connectivity index (χ1n) is 7.81. The highest BCUT2D eigenvalue weighted by molar-refractivity contribution is 5.76. The molecule has 23 heavy (non-hydrogen) atoms. The van der Waals surface area contributed by atoms with Crippen LogP contribution in [0.25, 0.3) is 0 Å². The average Bonchev–Trinajstić information content (AvgIpc) is 3.02. The Kier molecular flexibility index (Phi) is 4.92. The summed E-state index contributed by atoms with van der Waals surface area (Å²) in [4.78, 5) is 21.6. The van der Waals surface area contributed by atoms with E-state index in [2.05, 4.69) is 9.97 Å². The Balaban J connectivity index is 1.49. The van der Waals surface area contributed by atoms with Gasteiger partial charge in [0.25, 0.3) is 0 Å². The van der Waals surface area contributed by atoms with Gasteiger partial charge in [0, 0.05) is 18.4 Å². The molecule has 1 aromatic carbocycles. The van der Waals surface area contributed by atoms with Gasteiger partial charge in [-0.05, 0) is 19.1 Å². The maximum atomic E-state index is 12.3. The van der Waals surface area contributed by atoms with Gasteiger partial charge in [-0.3, -0.25) is 4.79 Å². The van der Waals surface area contributed by atoms with Crippen molar-refractivity contribution < 1.29 is 14.3 Å². The second-order valence-corrected chi connectivity index (χ2v) is 5.56. The van der Waals surface area contributed by atoms with E-state index >= 15 is 0 Å². The number of carbonyl (C=O) groups is 1. The Morgan fingerprint density at radius 3 is 3.00 bits per heavy atom. The lowest BCUT2D eigenvalue weighted by atomic mass is 10.2. The zero-order chi connectivity index (χ0) is 16.1. The van der Waals surface area contributed by atoms with Crippen molar-refractivity contribution in [1.29, 1.82) is 0 Å². The highest BCUT2D eigenvalue weighted by Crippen LogP contribution is 2.20. The summed E-state index contributed by atoms with van der Waals surface area (Å²) in [6, 6.07) is 9.52. The molecule has 1 atom stereocenters. The van der Waals surface area contributed by atoms with E-state index in [0.29, 0.717) is 32.7 Å². The number of amides is 1. The molecule has 1 aromatic heterocycles. The smallest absolute Gasteiger partial charge is 0.226 e. The zero-order valence-electron chi connectivity index (χ0n) is 13.2. The van der Waals surface area contributed by atoms with Crippen LogP contribution in [-0.4, -0.2) is 47.1 Å². The van der Waals surface area contributed by atoms with Crippen LogP contribution in [0, 0.1) is 6.92 Å². The van der Waals surface area contributed by atoms with E-state index in [1.807, 2.05) is 42.2 Å². The quantitative estimate of drug-likeness (QED) is 0.917. The fraction of sp³-hybridized carbons (Fsp3) is 0.412. The van der Waals surface area contributed by atoms with Gasteiger partial charge in [0.05, 0.1) is 26.2 Å². The minimum atomic E-state index is -0.184. The number of nitrogens with zero attached hydrogens (tertiary/aromatic N) is 2. The van der Waals surface area contributed by atoms with E-state index in [4.69, 9.17) is 9.47 Å². The van der Waals surface area contributed by atoms with Crippen molar-refractivity contribution >= 4 is 5.91 Å². The van der Waals surface area contributed by atoms with Gasteiger partial charge in [-0.25, -0.2) is 4.98 Å². The van der Waals surface area contributed by atoms with Crippen LogP contribution in [0.3, 0.4) is 0 Å². The van der Waals surface area contributed by atoms with Gasteiger partial charge in [0.15, 0.2) is 0 Å². The van der Waals surface area contributed by atoms with Gasteiger partial charge in [-0.15, -0.1) is 0 Å². The van der Waals surface area contributed by atoms with Crippen LogP contribution in [0.15, 0.2) is 36.5 Å². The van der Waals surface area contributed by atoms with Crippen molar-refractivity contribution in [3.63, 3.8) is 0 Å². The highest BCUT2D eigenvalue weighted by atomic mass is 16.5. The van der Waals surface area contributed by atoms with Crippen LogP contribution < -0.4 is 4.74 Å². The fourth-order valence-electron chi connectivity index (χ4n) is 2.57. The maximum absolute atomic E-state index is 12.3. The third-order valence-corrected chi connectivity index (χ3v) is 3.77. The van der Waals surface area contributed by atoms with E-state index in [-0.39, 0.29) is 12.0 Å². The van der Waals surface area contributed by atoms with Crippen LogP contribution >= 0.6 is 0 Å². The molecule has 1 saturated heterocycles. The third kappa shape index (κ3) is 4.10. The minimum Gasteiger partial charge on any atom is -0.493 e. The number of ether oxygens (including phenoxy) is 2. The predicted octanol–water partition coefficient (Wildman–Crippen LogP) is 2.09. The fourth-order valence-corrected chi connectivity index (χ4v) is 2.57. The molecule has 0 radical (unpaired) electrons. The van der Waals surface area contributed by atoms with Crippen LogP contribution in [-0.2, 0) is 9.53 Å². The van der Waals surface area contributed by atoms with Crippen molar-refractivity contribution in [3.8, 4) is 5.75 Å². The largest absolute Gasteiger partial charge is 0.493 e. The van der Waals surface area contributed by atoms with E-state index in [0.717, 1.165) is 17.3 Å². The van der Waals surface area contributed by atoms with Crippen LogP contribution in [0.4, 0.5) is 0 Å². The summed E-state index contributed by atoms with van der Waals surface area (Å²) in [7, 11) is 0. The van der Waals surface area contributed by atoms with Crippen molar-refractivity contribution in [2.75, 3.05) is 26.3 Å². The number of aromatic amines is 1. The standard InChI is InChI=1S/C17H21N3O3/c1-13-11-18-17(19-13)15-12-20(8-10-23-15)16(21)7-9-22-14-5-3-2-4-6-14/h2-6,11,15H,7-10,12H2,1H3,(H,18,19)/t15-/m1/s1. The van der Waals surface area contributed by atoms with E-state index in [1.165, 1.54) is 0 Å². The molecule has 1 fully saturated rings. The van der Waals surface area contributed by atoms with Gasteiger partial charge in [0.2, 0.25) is 5.91 Å². The molecule has 0 saturated carbocycles. The van der Waals surface area contributed by atoms with Gasteiger partial charge in [-0.2, -0.15) is 0 Å². The molecule has 0 aliphatic carbocycles. The number of H-pyrrole nitrogens is 1. The van der Waals surface area contributed by atoms with Crippen molar-refractivity contribution in [1.82, 2.24) is 14.9 Å². The lowest BCUT2D eigenvalue weighted by Gasteiger charge is -2.32. The summed E-state index contributed by atoms with van der Waals surface area (Å²) in [5.41, 5.74) is 0.989. The van der Waals surface area contributed by atoms with Gasteiger partial charge < -0.3 is 19.4 Å². The number of hydrogen-bond donors (Lipinski definition) is 1. The van der Waals surface area contributed by atoms with Crippen molar-refractivity contribution in [2.45, 2.75) is 19.4 Å². The molecule has 6 nitrogen and oxygen atoms in total. The third-order valence-electron chi connectivity index (χ3n) is 3.77. The molecule has 0 spiro atoms. The molecular formula is C17H21N3O3.